The SMILES string of the molecule is COC(=O)C1Cc2c3c(c4c(c2CC1C(=O)OC)CC(C(=O)OC)C(C(=O)OC)C4)CC(C(=O)OC)C(C(=O)OC)C3. The molecular formula is C30H36O12. The summed E-state index contributed by atoms with van der Waals surface area (Å²) in [6.45, 7) is 0. The van der Waals surface area contributed by atoms with Crippen molar-refractivity contribution >= 4 is 35.8 Å². The van der Waals surface area contributed by atoms with Gasteiger partial charge in [-0.15, -0.1) is 0 Å². The molecule has 1 aromatic rings. The minimum Gasteiger partial charge on any atom is -0.469 e. The Morgan fingerprint density at radius 2 is 0.452 bits per heavy atom. The van der Waals surface area contributed by atoms with Gasteiger partial charge in [0.1, 0.15) is 0 Å². The van der Waals surface area contributed by atoms with Gasteiger partial charge in [0.05, 0.1) is 78.2 Å². The van der Waals surface area contributed by atoms with E-state index in [1.54, 1.807) is 0 Å². The summed E-state index contributed by atoms with van der Waals surface area (Å²) in [7, 11) is 7.48. The third-order valence-electron chi connectivity index (χ3n) is 9.21. The molecule has 1 aromatic carbocycles. The van der Waals surface area contributed by atoms with Crippen LogP contribution in [-0.2, 0) is 95.7 Å². The van der Waals surface area contributed by atoms with Crippen molar-refractivity contribution in [3.8, 4) is 0 Å². The molecule has 4 rings (SSSR count). The molecule has 0 spiro atoms. The summed E-state index contributed by atoms with van der Waals surface area (Å²) >= 11 is 0. The quantitative estimate of drug-likeness (QED) is 0.339. The maximum absolute atomic E-state index is 12.9. The number of rotatable bonds is 6. The molecule has 6 unspecified atom stereocenters. The third kappa shape index (κ3) is 5.22. The molecule has 0 saturated carbocycles. The van der Waals surface area contributed by atoms with Crippen LogP contribution in [0.3, 0.4) is 0 Å². The molecule has 3 aliphatic rings. The largest absolute Gasteiger partial charge is 0.469 e. The summed E-state index contributed by atoms with van der Waals surface area (Å²) in [6, 6.07) is 0. The lowest BCUT2D eigenvalue weighted by Gasteiger charge is -2.41. The van der Waals surface area contributed by atoms with E-state index in [2.05, 4.69) is 0 Å². The van der Waals surface area contributed by atoms with Gasteiger partial charge in [0.2, 0.25) is 0 Å². The Kier molecular flexibility index (Phi) is 9.22. The van der Waals surface area contributed by atoms with Gasteiger partial charge < -0.3 is 28.4 Å². The van der Waals surface area contributed by atoms with Crippen molar-refractivity contribution in [3.05, 3.63) is 33.4 Å². The predicted molar refractivity (Wildman–Crippen MR) is 142 cm³/mol. The van der Waals surface area contributed by atoms with Crippen LogP contribution in [-0.4, -0.2) is 78.5 Å². The van der Waals surface area contributed by atoms with Crippen LogP contribution in [0.2, 0.25) is 0 Å². The number of ether oxygens (including phenoxy) is 6. The third-order valence-corrected chi connectivity index (χ3v) is 9.21. The normalized spacial score (nSPS) is 25.9. The van der Waals surface area contributed by atoms with Gasteiger partial charge in [-0.2, -0.15) is 0 Å². The molecule has 12 heteroatoms. The molecule has 228 valence electrons. The van der Waals surface area contributed by atoms with E-state index in [4.69, 9.17) is 28.4 Å². The number of hydrogen-bond acceptors (Lipinski definition) is 12. The van der Waals surface area contributed by atoms with Gasteiger partial charge in [-0.3, -0.25) is 28.8 Å². The first-order valence-electron chi connectivity index (χ1n) is 13.7. The molecule has 0 radical (unpaired) electrons. The van der Waals surface area contributed by atoms with Crippen LogP contribution in [0.1, 0.15) is 33.4 Å². The number of hydrogen-bond donors (Lipinski definition) is 0. The second-order valence-corrected chi connectivity index (χ2v) is 10.9. The van der Waals surface area contributed by atoms with Gasteiger partial charge in [-0.1, -0.05) is 0 Å². The highest BCUT2D eigenvalue weighted by Gasteiger charge is 2.49. The van der Waals surface area contributed by atoms with E-state index in [1.165, 1.54) is 42.7 Å². The number of carbonyl (C=O) groups excluding carboxylic acids is 6. The van der Waals surface area contributed by atoms with Crippen LogP contribution < -0.4 is 0 Å². The van der Waals surface area contributed by atoms with E-state index < -0.39 is 71.3 Å². The van der Waals surface area contributed by atoms with E-state index in [0.717, 1.165) is 33.4 Å². The molecule has 0 aliphatic heterocycles. The summed E-state index contributed by atoms with van der Waals surface area (Å²) < 4.78 is 30.3. The monoisotopic (exact) mass is 588 g/mol. The molecule has 6 atom stereocenters. The van der Waals surface area contributed by atoms with Gasteiger partial charge >= 0.3 is 35.8 Å². The number of esters is 6. The van der Waals surface area contributed by atoms with Crippen molar-refractivity contribution in [2.24, 2.45) is 35.5 Å². The Labute approximate surface area is 243 Å². The lowest BCUT2D eigenvalue weighted by molar-refractivity contribution is -0.158. The summed E-state index contributed by atoms with van der Waals surface area (Å²) in [5.41, 5.74) is 4.56. The fourth-order valence-corrected chi connectivity index (χ4v) is 7.14. The van der Waals surface area contributed by atoms with Crippen LogP contribution in [0.4, 0.5) is 0 Å². The number of benzene rings is 1. The average molecular weight is 589 g/mol. The fourth-order valence-electron chi connectivity index (χ4n) is 7.14. The standard InChI is InChI=1S/C30H36O12/c1-37-25(31)19-7-13-14(8-20(19)26(32)38-2)16-10-22(28(34)40-4)24(30(36)42-6)12-18(16)17-11-23(29(35)41-5)21(9-15(13)17)27(33)39-3/h19-24H,7-12H2,1-6H3. The van der Waals surface area contributed by atoms with Crippen LogP contribution in [0.15, 0.2) is 0 Å². The minimum atomic E-state index is -0.852. The zero-order chi connectivity index (χ0) is 30.9. The van der Waals surface area contributed by atoms with Crippen molar-refractivity contribution in [1.82, 2.24) is 0 Å². The van der Waals surface area contributed by atoms with E-state index in [9.17, 15) is 28.8 Å². The number of carbonyl (C=O) groups is 6. The molecule has 0 aromatic heterocycles. The van der Waals surface area contributed by atoms with Gasteiger partial charge in [0.15, 0.2) is 0 Å². The Morgan fingerprint density at radius 3 is 0.548 bits per heavy atom. The molecule has 0 bridgehead atoms. The Balaban J connectivity index is 2.00. The zero-order valence-corrected chi connectivity index (χ0v) is 24.6. The summed E-state index contributed by atoms with van der Waals surface area (Å²) in [6.07, 6.45) is 0.735. The molecular weight excluding hydrogens is 552 g/mol. The number of methoxy groups -OCH3 is 6. The maximum Gasteiger partial charge on any atom is 0.309 e. The van der Waals surface area contributed by atoms with Gasteiger partial charge in [0, 0.05) is 0 Å². The first-order valence-corrected chi connectivity index (χ1v) is 13.7. The molecule has 0 heterocycles. The smallest absolute Gasteiger partial charge is 0.309 e. The first-order chi connectivity index (χ1) is 20.1. The average Bonchev–Trinajstić information content (AvgIpc) is 3.04. The van der Waals surface area contributed by atoms with E-state index in [0.29, 0.717) is 0 Å². The molecule has 0 saturated heterocycles. The highest BCUT2D eigenvalue weighted by Crippen LogP contribution is 2.47. The highest BCUT2D eigenvalue weighted by atomic mass is 16.5. The topological polar surface area (TPSA) is 158 Å². The van der Waals surface area contributed by atoms with Crippen LogP contribution >= 0.6 is 0 Å². The van der Waals surface area contributed by atoms with E-state index in [1.807, 2.05) is 0 Å². The lowest BCUT2D eigenvalue weighted by atomic mass is 9.62. The summed E-state index contributed by atoms with van der Waals surface area (Å²) in [5, 5.41) is 0. The van der Waals surface area contributed by atoms with E-state index >= 15 is 0 Å². The van der Waals surface area contributed by atoms with Gasteiger partial charge in [-0.25, -0.2) is 0 Å². The van der Waals surface area contributed by atoms with Crippen molar-refractivity contribution < 1.29 is 57.2 Å². The maximum atomic E-state index is 12.9. The predicted octanol–water partition coefficient (Wildman–Crippen LogP) is 0.718. The highest BCUT2D eigenvalue weighted by molar-refractivity contribution is 5.87. The van der Waals surface area contributed by atoms with Crippen molar-refractivity contribution in [2.45, 2.75) is 38.5 Å². The van der Waals surface area contributed by atoms with Crippen molar-refractivity contribution in [1.29, 1.82) is 0 Å². The zero-order valence-electron chi connectivity index (χ0n) is 24.6. The minimum absolute atomic E-state index is 0.123. The van der Waals surface area contributed by atoms with Gasteiger partial charge in [-0.05, 0) is 71.9 Å². The summed E-state index contributed by atoms with van der Waals surface area (Å²) in [4.78, 5) is 77.5. The Bertz CT molecular complexity index is 1040. The Hall–Kier alpha value is -3.96. The first kappa shape index (κ1) is 31.0. The molecule has 12 nitrogen and oxygen atoms in total. The molecule has 0 amide bonds. The lowest BCUT2D eigenvalue weighted by Crippen LogP contribution is -2.44. The Morgan fingerprint density at radius 1 is 0.333 bits per heavy atom. The molecule has 0 N–H and O–H groups in total. The van der Waals surface area contributed by atoms with Gasteiger partial charge in [0.25, 0.3) is 0 Å². The summed E-state index contributed by atoms with van der Waals surface area (Å²) in [5.74, 6) is -8.57. The second kappa shape index (κ2) is 12.5. The van der Waals surface area contributed by atoms with Crippen LogP contribution in [0.25, 0.3) is 0 Å². The van der Waals surface area contributed by atoms with Crippen LogP contribution in [0, 0.1) is 35.5 Å². The van der Waals surface area contributed by atoms with E-state index in [-0.39, 0.29) is 38.5 Å². The fraction of sp³-hybridized carbons (Fsp3) is 0.600. The van der Waals surface area contributed by atoms with Crippen molar-refractivity contribution in [3.63, 3.8) is 0 Å². The van der Waals surface area contributed by atoms with Crippen molar-refractivity contribution in [2.75, 3.05) is 42.7 Å². The second-order valence-electron chi connectivity index (χ2n) is 10.9. The van der Waals surface area contributed by atoms with Crippen LogP contribution in [0.5, 0.6) is 0 Å². The number of fused-ring (bicyclic) bond motifs is 6. The molecule has 0 fully saturated rings. The molecule has 42 heavy (non-hydrogen) atoms. The molecule has 3 aliphatic carbocycles.